The number of rotatable bonds is 6. The summed E-state index contributed by atoms with van der Waals surface area (Å²) in [7, 11) is 3.96. The molecule has 1 rings (SSSR count). The van der Waals surface area contributed by atoms with Crippen molar-refractivity contribution in [1.82, 2.24) is 15.5 Å². The second kappa shape index (κ2) is 7.25. The molecule has 106 valence electrons. The standard InChI is InChI=1S/C13H21N3O2S/c1-9(15-10(2)17)13(18)14-8-11(16(3)4)12-6-5-7-19-12/h5-7,9,11H,8H2,1-4H3,(H,14,18)(H,15,17). The van der Waals surface area contributed by atoms with Crippen LogP contribution in [0.15, 0.2) is 17.5 Å². The average Bonchev–Trinajstić information content (AvgIpc) is 2.81. The summed E-state index contributed by atoms with van der Waals surface area (Å²) in [5.74, 6) is -0.372. The zero-order valence-corrected chi connectivity index (χ0v) is 12.6. The van der Waals surface area contributed by atoms with Gasteiger partial charge in [-0.1, -0.05) is 6.07 Å². The third-order valence-electron chi connectivity index (χ3n) is 2.78. The fraction of sp³-hybridized carbons (Fsp3) is 0.538. The van der Waals surface area contributed by atoms with Gasteiger partial charge in [0.15, 0.2) is 0 Å². The van der Waals surface area contributed by atoms with Crippen molar-refractivity contribution in [3.8, 4) is 0 Å². The Kier molecular flexibility index (Phi) is 5.98. The number of thiophene rings is 1. The summed E-state index contributed by atoms with van der Waals surface area (Å²) < 4.78 is 0. The first-order chi connectivity index (χ1) is 8.91. The number of nitrogens with one attached hydrogen (secondary N) is 2. The van der Waals surface area contributed by atoms with E-state index in [1.165, 1.54) is 11.8 Å². The van der Waals surface area contributed by atoms with E-state index in [0.29, 0.717) is 6.54 Å². The van der Waals surface area contributed by atoms with Gasteiger partial charge in [0.25, 0.3) is 0 Å². The summed E-state index contributed by atoms with van der Waals surface area (Å²) in [6, 6.07) is 3.69. The van der Waals surface area contributed by atoms with Crippen molar-refractivity contribution in [2.24, 2.45) is 0 Å². The second-order valence-corrected chi connectivity index (χ2v) is 5.64. The maximum absolute atomic E-state index is 11.8. The van der Waals surface area contributed by atoms with Crippen LogP contribution in [0.25, 0.3) is 0 Å². The minimum atomic E-state index is -0.511. The van der Waals surface area contributed by atoms with E-state index >= 15 is 0 Å². The van der Waals surface area contributed by atoms with E-state index < -0.39 is 6.04 Å². The van der Waals surface area contributed by atoms with Crippen LogP contribution in [0.2, 0.25) is 0 Å². The van der Waals surface area contributed by atoms with Crippen molar-refractivity contribution in [3.63, 3.8) is 0 Å². The molecule has 0 bridgehead atoms. The highest BCUT2D eigenvalue weighted by Gasteiger charge is 2.18. The van der Waals surface area contributed by atoms with Crippen LogP contribution in [-0.2, 0) is 9.59 Å². The molecule has 5 nitrogen and oxygen atoms in total. The summed E-state index contributed by atoms with van der Waals surface area (Å²) in [5.41, 5.74) is 0. The number of nitrogens with zero attached hydrogens (tertiary/aromatic N) is 1. The molecule has 0 saturated heterocycles. The van der Waals surface area contributed by atoms with Crippen LogP contribution >= 0.6 is 11.3 Å². The largest absolute Gasteiger partial charge is 0.352 e. The van der Waals surface area contributed by atoms with Crippen molar-refractivity contribution in [2.45, 2.75) is 25.9 Å². The molecular formula is C13H21N3O2S. The van der Waals surface area contributed by atoms with Gasteiger partial charge in [-0.05, 0) is 32.5 Å². The Bertz CT molecular complexity index is 418. The smallest absolute Gasteiger partial charge is 0.242 e. The number of amides is 2. The Balaban J connectivity index is 2.53. The molecule has 0 aromatic carbocycles. The Morgan fingerprint density at radius 3 is 2.58 bits per heavy atom. The third kappa shape index (κ3) is 5.00. The summed E-state index contributed by atoms with van der Waals surface area (Å²) in [6.07, 6.45) is 0. The minimum absolute atomic E-state index is 0.147. The van der Waals surface area contributed by atoms with Gasteiger partial charge in [0, 0.05) is 18.3 Å². The molecule has 2 unspecified atom stereocenters. The highest BCUT2D eigenvalue weighted by molar-refractivity contribution is 7.10. The fourth-order valence-electron chi connectivity index (χ4n) is 1.74. The lowest BCUT2D eigenvalue weighted by molar-refractivity contribution is -0.127. The highest BCUT2D eigenvalue weighted by Crippen LogP contribution is 2.22. The molecule has 0 saturated carbocycles. The van der Waals surface area contributed by atoms with E-state index in [1.807, 2.05) is 25.5 Å². The molecule has 0 aliphatic carbocycles. The molecule has 1 heterocycles. The van der Waals surface area contributed by atoms with Gasteiger partial charge in [-0.25, -0.2) is 0 Å². The lowest BCUT2D eigenvalue weighted by atomic mass is 10.2. The van der Waals surface area contributed by atoms with Gasteiger partial charge in [-0.2, -0.15) is 0 Å². The maximum atomic E-state index is 11.8. The Labute approximate surface area is 118 Å². The molecule has 0 radical (unpaired) electrons. The van der Waals surface area contributed by atoms with Gasteiger partial charge in [-0.3, -0.25) is 9.59 Å². The molecule has 1 aromatic rings. The first-order valence-electron chi connectivity index (χ1n) is 6.16. The third-order valence-corrected chi connectivity index (χ3v) is 3.75. The highest BCUT2D eigenvalue weighted by atomic mass is 32.1. The molecule has 0 aliphatic rings. The van der Waals surface area contributed by atoms with Crippen molar-refractivity contribution >= 4 is 23.2 Å². The van der Waals surface area contributed by atoms with E-state index in [0.717, 1.165) is 0 Å². The molecule has 1 aromatic heterocycles. The molecule has 2 amide bonds. The predicted octanol–water partition coefficient (Wildman–Crippen LogP) is 0.992. The molecular weight excluding hydrogens is 262 g/mol. The normalized spacial score (nSPS) is 13.9. The Hall–Kier alpha value is -1.40. The zero-order chi connectivity index (χ0) is 14.4. The zero-order valence-electron chi connectivity index (χ0n) is 11.8. The van der Waals surface area contributed by atoms with Crippen molar-refractivity contribution in [3.05, 3.63) is 22.4 Å². The lowest BCUT2D eigenvalue weighted by Crippen LogP contribution is -2.46. The van der Waals surface area contributed by atoms with Gasteiger partial charge in [-0.15, -0.1) is 11.3 Å². The predicted molar refractivity (Wildman–Crippen MR) is 77.0 cm³/mol. The monoisotopic (exact) mass is 283 g/mol. The summed E-state index contributed by atoms with van der Waals surface area (Å²) >= 11 is 1.67. The Morgan fingerprint density at radius 1 is 1.42 bits per heavy atom. The lowest BCUT2D eigenvalue weighted by Gasteiger charge is -2.24. The van der Waals surface area contributed by atoms with Crippen molar-refractivity contribution in [1.29, 1.82) is 0 Å². The van der Waals surface area contributed by atoms with Crippen molar-refractivity contribution < 1.29 is 9.59 Å². The SMILES string of the molecule is CC(=O)NC(C)C(=O)NCC(c1cccs1)N(C)C. The molecule has 2 atom stereocenters. The van der Waals surface area contributed by atoms with Gasteiger partial charge < -0.3 is 15.5 Å². The molecule has 0 spiro atoms. The first kappa shape index (κ1) is 15.7. The molecule has 19 heavy (non-hydrogen) atoms. The van der Waals surface area contributed by atoms with Gasteiger partial charge in [0.05, 0.1) is 6.04 Å². The second-order valence-electron chi connectivity index (χ2n) is 4.66. The molecule has 0 fully saturated rings. The maximum Gasteiger partial charge on any atom is 0.242 e. The average molecular weight is 283 g/mol. The van der Waals surface area contributed by atoms with Gasteiger partial charge >= 0.3 is 0 Å². The summed E-state index contributed by atoms with van der Waals surface area (Å²) in [5, 5.41) is 7.46. The summed E-state index contributed by atoms with van der Waals surface area (Å²) in [4.78, 5) is 26.0. The molecule has 6 heteroatoms. The summed E-state index contributed by atoms with van der Waals surface area (Å²) in [6.45, 7) is 3.60. The van der Waals surface area contributed by atoms with Crippen LogP contribution < -0.4 is 10.6 Å². The molecule has 2 N–H and O–H groups in total. The van der Waals surface area contributed by atoms with Crippen LogP contribution in [0.1, 0.15) is 24.8 Å². The van der Waals surface area contributed by atoms with Gasteiger partial charge in [0.1, 0.15) is 6.04 Å². The number of hydrogen-bond donors (Lipinski definition) is 2. The van der Waals surface area contributed by atoms with E-state index in [2.05, 4.69) is 21.6 Å². The number of carbonyl (C=O) groups is 2. The number of likely N-dealkylation sites (N-methyl/N-ethyl adjacent to an activating group) is 1. The van der Waals surface area contributed by atoms with E-state index in [1.54, 1.807) is 18.3 Å². The van der Waals surface area contributed by atoms with E-state index in [-0.39, 0.29) is 17.9 Å². The Morgan fingerprint density at radius 2 is 2.11 bits per heavy atom. The van der Waals surface area contributed by atoms with Crippen LogP contribution in [0.3, 0.4) is 0 Å². The number of carbonyl (C=O) groups excluding carboxylic acids is 2. The first-order valence-corrected chi connectivity index (χ1v) is 7.04. The topological polar surface area (TPSA) is 61.4 Å². The quantitative estimate of drug-likeness (QED) is 0.818. The van der Waals surface area contributed by atoms with Gasteiger partial charge in [0.2, 0.25) is 11.8 Å². The molecule has 0 aliphatic heterocycles. The fourth-order valence-corrected chi connectivity index (χ4v) is 2.66. The minimum Gasteiger partial charge on any atom is -0.352 e. The van der Waals surface area contributed by atoms with Crippen LogP contribution in [0.5, 0.6) is 0 Å². The van der Waals surface area contributed by atoms with Crippen LogP contribution in [0, 0.1) is 0 Å². The van der Waals surface area contributed by atoms with Crippen molar-refractivity contribution in [2.75, 3.05) is 20.6 Å². The van der Waals surface area contributed by atoms with E-state index in [4.69, 9.17) is 0 Å². The number of hydrogen-bond acceptors (Lipinski definition) is 4. The van der Waals surface area contributed by atoms with Crippen LogP contribution in [0.4, 0.5) is 0 Å². The van der Waals surface area contributed by atoms with E-state index in [9.17, 15) is 9.59 Å². The van der Waals surface area contributed by atoms with Crippen LogP contribution in [-0.4, -0.2) is 43.4 Å².